The summed E-state index contributed by atoms with van der Waals surface area (Å²) in [5, 5.41) is 2.75. The highest BCUT2D eigenvalue weighted by Gasteiger charge is 2.30. The smallest absolute Gasteiger partial charge is 0.261 e. The molecule has 1 aromatic rings. The Bertz CT molecular complexity index is 965. The fourth-order valence-corrected chi connectivity index (χ4v) is 3.78. The van der Waals surface area contributed by atoms with Crippen molar-refractivity contribution in [1.82, 2.24) is 14.5 Å². The summed E-state index contributed by atoms with van der Waals surface area (Å²) in [6.45, 7) is 1.02. The van der Waals surface area contributed by atoms with Crippen LogP contribution in [-0.2, 0) is 29.7 Å². The van der Waals surface area contributed by atoms with Crippen molar-refractivity contribution in [2.24, 2.45) is 0 Å². The molecule has 1 heterocycles. The number of piperazine rings is 1. The first-order valence-electron chi connectivity index (χ1n) is 9.79. The summed E-state index contributed by atoms with van der Waals surface area (Å²) in [4.78, 5) is 37.4. The van der Waals surface area contributed by atoms with Crippen molar-refractivity contribution >= 4 is 38.2 Å². The molecule has 13 heteroatoms. The number of carbonyl (C=O) groups excluding carboxylic acids is 3. The molecule has 2 N–H and O–H groups in total. The van der Waals surface area contributed by atoms with Gasteiger partial charge in [0.1, 0.15) is 12.3 Å². The lowest BCUT2D eigenvalue weighted by Gasteiger charge is -2.35. The third kappa shape index (κ3) is 10.8. The largest absolute Gasteiger partial charge is 0.340 e. The summed E-state index contributed by atoms with van der Waals surface area (Å²) in [7, 11) is -6.95. The van der Waals surface area contributed by atoms with E-state index in [4.69, 9.17) is 4.55 Å². The molecule has 1 aliphatic heterocycles. The predicted molar refractivity (Wildman–Crippen MR) is 118 cm³/mol. The van der Waals surface area contributed by atoms with Crippen LogP contribution >= 0.6 is 0 Å². The van der Waals surface area contributed by atoms with E-state index in [1.54, 1.807) is 35.2 Å². The van der Waals surface area contributed by atoms with E-state index >= 15 is 0 Å². The molecule has 0 radical (unpaired) electrons. The zero-order valence-electron chi connectivity index (χ0n) is 18.0. The van der Waals surface area contributed by atoms with Gasteiger partial charge in [-0.1, -0.05) is 18.2 Å². The van der Waals surface area contributed by atoms with Crippen LogP contribution < -0.4 is 5.32 Å². The minimum absolute atomic E-state index is 0.234. The summed E-state index contributed by atoms with van der Waals surface area (Å²) in [5.41, 5.74) is 0.451. The first kappa shape index (κ1) is 27.7. The second-order valence-corrected chi connectivity index (χ2v) is 10.7. The lowest BCUT2D eigenvalue weighted by molar-refractivity contribution is -0.134. The molecule has 0 aromatic heterocycles. The maximum absolute atomic E-state index is 12.9. The molecule has 0 aliphatic carbocycles. The molecular formula is C19H29N3O8S2. The lowest BCUT2D eigenvalue weighted by atomic mass is 10.1. The van der Waals surface area contributed by atoms with Gasteiger partial charge in [0.2, 0.25) is 15.9 Å². The maximum atomic E-state index is 12.9. The molecule has 2 amide bonds. The van der Waals surface area contributed by atoms with Gasteiger partial charge in [0.15, 0.2) is 0 Å². The third-order valence-corrected chi connectivity index (χ3v) is 5.78. The van der Waals surface area contributed by atoms with Gasteiger partial charge in [-0.2, -0.15) is 12.7 Å². The Labute approximate surface area is 188 Å². The van der Waals surface area contributed by atoms with Crippen LogP contribution in [0.1, 0.15) is 29.6 Å². The maximum Gasteiger partial charge on any atom is 0.261 e. The predicted octanol–water partition coefficient (Wildman–Crippen LogP) is -0.238. The second kappa shape index (κ2) is 12.6. The minimum Gasteiger partial charge on any atom is -0.340 e. The van der Waals surface area contributed by atoms with Gasteiger partial charge in [0.05, 0.1) is 12.5 Å². The van der Waals surface area contributed by atoms with Crippen LogP contribution in [0.3, 0.4) is 0 Å². The highest BCUT2D eigenvalue weighted by molar-refractivity contribution is 7.88. The average molecular weight is 492 g/mol. The fourth-order valence-electron chi connectivity index (χ4n) is 2.95. The normalized spacial score (nSPS) is 15.8. The van der Waals surface area contributed by atoms with E-state index in [1.807, 2.05) is 0 Å². The average Bonchev–Trinajstić information content (AvgIpc) is 2.71. The Morgan fingerprint density at radius 2 is 1.59 bits per heavy atom. The van der Waals surface area contributed by atoms with Crippen molar-refractivity contribution in [3.63, 3.8) is 0 Å². The molecular weight excluding hydrogens is 462 g/mol. The van der Waals surface area contributed by atoms with Gasteiger partial charge in [-0.15, -0.1) is 0 Å². The number of rotatable bonds is 8. The van der Waals surface area contributed by atoms with Gasteiger partial charge in [-0.25, -0.2) is 8.42 Å². The van der Waals surface area contributed by atoms with Gasteiger partial charge in [-0.3, -0.25) is 14.1 Å². The molecule has 0 unspecified atom stereocenters. The first-order valence-corrected chi connectivity index (χ1v) is 13.5. The number of benzene rings is 1. The van der Waals surface area contributed by atoms with Gasteiger partial charge in [0, 0.05) is 38.2 Å². The van der Waals surface area contributed by atoms with Gasteiger partial charge >= 0.3 is 0 Å². The van der Waals surface area contributed by atoms with Crippen molar-refractivity contribution in [3.05, 3.63) is 35.9 Å². The number of amides is 2. The Morgan fingerprint density at radius 1 is 1.06 bits per heavy atom. The van der Waals surface area contributed by atoms with E-state index in [0.717, 1.165) is 12.5 Å². The monoisotopic (exact) mass is 491 g/mol. The van der Waals surface area contributed by atoms with Crippen LogP contribution in [0.5, 0.6) is 0 Å². The lowest BCUT2D eigenvalue weighted by Crippen LogP contribution is -2.55. The summed E-state index contributed by atoms with van der Waals surface area (Å²) in [6, 6.07) is 7.85. The topological polar surface area (TPSA) is 158 Å². The van der Waals surface area contributed by atoms with Crippen molar-refractivity contribution in [1.29, 1.82) is 0 Å². The minimum atomic E-state index is -3.67. The van der Waals surface area contributed by atoms with Crippen molar-refractivity contribution in [3.8, 4) is 0 Å². The molecule has 32 heavy (non-hydrogen) atoms. The van der Waals surface area contributed by atoms with Gasteiger partial charge < -0.3 is 15.0 Å². The molecule has 180 valence electrons. The number of nitrogens with one attached hydrogen (secondary N) is 1. The van der Waals surface area contributed by atoms with Gasteiger partial charge in [-0.05, 0) is 25.0 Å². The fraction of sp³-hybridized carbons (Fsp3) is 0.526. The molecule has 1 saturated heterocycles. The zero-order valence-corrected chi connectivity index (χ0v) is 19.6. The summed E-state index contributed by atoms with van der Waals surface area (Å²) in [5.74, 6) is -0.604. The summed E-state index contributed by atoms with van der Waals surface area (Å²) in [6.07, 6.45) is 3.79. The van der Waals surface area contributed by atoms with Crippen molar-refractivity contribution in [2.75, 3.05) is 38.7 Å². The van der Waals surface area contributed by atoms with Crippen molar-refractivity contribution in [2.45, 2.75) is 25.3 Å². The first-order chi connectivity index (χ1) is 14.8. The summed E-state index contributed by atoms with van der Waals surface area (Å²) >= 11 is 0. The number of nitrogens with zero attached hydrogens (tertiary/aromatic N) is 2. The zero-order chi connectivity index (χ0) is 24.4. The molecule has 2 rings (SSSR count). The molecule has 1 fully saturated rings. The Morgan fingerprint density at radius 3 is 2.06 bits per heavy atom. The Kier molecular flexibility index (Phi) is 10.9. The Hall–Kier alpha value is -2.35. The molecule has 0 spiro atoms. The van der Waals surface area contributed by atoms with Crippen LogP contribution in [-0.4, -0.2) is 93.4 Å². The van der Waals surface area contributed by atoms with Crippen LogP contribution in [0.25, 0.3) is 0 Å². The van der Waals surface area contributed by atoms with Crippen LogP contribution in [0.4, 0.5) is 0 Å². The molecule has 1 aliphatic rings. The standard InChI is InChI=1S/C18H25N3O5S.CH4O3S/c1-27(25,26)21-12-10-20(11-13-21)18(24)16(9-5-6-14-22)19-17(23)15-7-3-2-4-8-15;1-5(2,3)4/h2-4,7-8,14,16H,5-6,9-13H2,1H3,(H,19,23);1H3,(H,2,3,4)/t16-;/m0./s1. The van der Waals surface area contributed by atoms with E-state index in [2.05, 4.69) is 5.32 Å². The van der Waals surface area contributed by atoms with E-state index in [-0.39, 0.29) is 38.0 Å². The number of unbranched alkanes of at least 4 members (excludes halogenated alkanes) is 1. The number of hydrogen-bond acceptors (Lipinski definition) is 7. The molecule has 1 aromatic carbocycles. The van der Waals surface area contributed by atoms with E-state index in [9.17, 15) is 31.2 Å². The number of sulfonamides is 1. The van der Waals surface area contributed by atoms with Crippen LogP contribution in [0.2, 0.25) is 0 Å². The van der Waals surface area contributed by atoms with E-state index in [1.165, 1.54) is 4.31 Å². The number of carbonyl (C=O) groups is 3. The van der Waals surface area contributed by atoms with Crippen LogP contribution in [0.15, 0.2) is 30.3 Å². The Balaban J connectivity index is 0.000000920. The van der Waals surface area contributed by atoms with Crippen LogP contribution in [0, 0.1) is 0 Å². The van der Waals surface area contributed by atoms with E-state index < -0.39 is 26.2 Å². The van der Waals surface area contributed by atoms with E-state index in [0.29, 0.717) is 31.1 Å². The molecule has 1 atom stereocenters. The molecule has 0 bridgehead atoms. The van der Waals surface area contributed by atoms with Crippen molar-refractivity contribution < 1.29 is 35.8 Å². The molecule has 0 saturated carbocycles. The SMILES string of the molecule is CS(=O)(=O)N1CCN(C(=O)[C@H](CCCC=O)NC(=O)c2ccccc2)CC1.CS(=O)(=O)O. The number of aldehydes is 1. The van der Waals surface area contributed by atoms with Gasteiger partial charge in [0.25, 0.3) is 16.0 Å². The molecule has 11 nitrogen and oxygen atoms in total. The summed E-state index contributed by atoms with van der Waals surface area (Å²) < 4.78 is 50.4. The number of hydrogen-bond donors (Lipinski definition) is 2. The third-order valence-electron chi connectivity index (χ3n) is 4.47. The highest BCUT2D eigenvalue weighted by atomic mass is 32.2. The highest BCUT2D eigenvalue weighted by Crippen LogP contribution is 2.11. The quantitative estimate of drug-likeness (QED) is 0.286. The second-order valence-electron chi connectivity index (χ2n) is 7.21.